The third kappa shape index (κ3) is 1.62. The van der Waals surface area contributed by atoms with Crippen LogP contribution in [0.1, 0.15) is 0 Å². The number of hydrogen-bond acceptors (Lipinski definition) is 4. The van der Waals surface area contributed by atoms with E-state index in [9.17, 15) is 0 Å². The summed E-state index contributed by atoms with van der Waals surface area (Å²) in [4.78, 5) is 1.08. The van der Waals surface area contributed by atoms with Gasteiger partial charge in [-0.3, -0.25) is 0 Å². The van der Waals surface area contributed by atoms with Crippen LogP contribution >= 0.6 is 11.9 Å². The summed E-state index contributed by atoms with van der Waals surface area (Å²) in [5, 5.41) is 10.6. The van der Waals surface area contributed by atoms with Crippen molar-refractivity contribution >= 4 is 11.9 Å². The summed E-state index contributed by atoms with van der Waals surface area (Å²) in [6.45, 7) is 0. The Hall–Kier alpha value is -1.36. The molecule has 0 saturated carbocycles. The maximum atomic E-state index is 3.67. The minimum Gasteiger partial charge on any atom is -0.157 e. The van der Waals surface area contributed by atoms with E-state index in [-0.39, 0.29) is 0 Å². The Morgan fingerprint density at radius 2 is 2.08 bits per heavy atom. The molecular weight excluding hydrogens is 172 g/mol. The molecule has 0 aliphatic carbocycles. The first-order valence-electron chi connectivity index (χ1n) is 3.34. The fraction of sp³-hybridized carbons (Fsp3) is 0. The van der Waals surface area contributed by atoms with Crippen molar-refractivity contribution in [2.75, 3.05) is 0 Å². The minimum atomic E-state index is 1.08. The molecular formula is C7H5N4S. The molecule has 1 aromatic carbocycles. The Morgan fingerprint density at radius 1 is 1.25 bits per heavy atom. The molecule has 0 saturated heterocycles. The summed E-state index contributed by atoms with van der Waals surface area (Å²) in [7, 11) is 0. The molecule has 0 bridgehead atoms. The summed E-state index contributed by atoms with van der Waals surface area (Å²) in [5.74, 6) is 0. The lowest BCUT2D eigenvalue weighted by molar-refractivity contribution is 0.852. The van der Waals surface area contributed by atoms with Gasteiger partial charge in [-0.1, -0.05) is 18.2 Å². The quantitative estimate of drug-likeness (QED) is 0.687. The minimum absolute atomic E-state index is 1.08. The Labute approximate surface area is 73.7 Å². The molecule has 0 aliphatic rings. The zero-order chi connectivity index (χ0) is 8.23. The Kier molecular flexibility index (Phi) is 2.04. The van der Waals surface area contributed by atoms with Gasteiger partial charge in [-0.15, -0.1) is 5.10 Å². The van der Waals surface area contributed by atoms with Crippen LogP contribution in [0.5, 0.6) is 0 Å². The standard InChI is InChI=1S/C7H5N4S/c1-2-4-7(5-3-1)12-11-6-8-9-10-11/h1-5H. The molecule has 1 heterocycles. The number of tetrazole rings is 1. The van der Waals surface area contributed by atoms with Gasteiger partial charge in [0.25, 0.3) is 0 Å². The second kappa shape index (κ2) is 3.36. The first kappa shape index (κ1) is 7.30. The maximum Gasteiger partial charge on any atom is 0.234 e. The molecule has 0 amide bonds. The van der Waals surface area contributed by atoms with Crippen molar-refractivity contribution in [1.29, 1.82) is 0 Å². The average Bonchev–Trinajstić information content (AvgIpc) is 2.59. The van der Waals surface area contributed by atoms with Crippen LogP contribution in [-0.4, -0.2) is 19.6 Å². The molecule has 12 heavy (non-hydrogen) atoms. The van der Waals surface area contributed by atoms with Crippen molar-refractivity contribution in [2.24, 2.45) is 0 Å². The number of rotatable bonds is 2. The zero-order valence-electron chi connectivity index (χ0n) is 6.08. The van der Waals surface area contributed by atoms with Gasteiger partial charge in [0.2, 0.25) is 6.33 Å². The highest BCUT2D eigenvalue weighted by Crippen LogP contribution is 2.16. The van der Waals surface area contributed by atoms with Crippen molar-refractivity contribution < 1.29 is 0 Å². The summed E-state index contributed by atoms with van der Waals surface area (Å²) in [5.41, 5.74) is 0. The van der Waals surface area contributed by atoms with Crippen LogP contribution in [0.25, 0.3) is 0 Å². The van der Waals surface area contributed by atoms with E-state index in [0.29, 0.717) is 0 Å². The van der Waals surface area contributed by atoms with Crippen LogP contribution in [0, 0.1) is 6.33 Å². The van der Waals surface area contributed by atoms with Crippen LogP contribution in [0.3, 0.4) is 0 Å². The highest BCUT2D eigenvalue weighted by atomic mass is 32.2. The highest BCUT2D eigenvalue weighted by Gasteiger charge is 1.95. The largest absolute Gasteiger partial charge is 0.234 e. The van der Waals surface area contributed by atoms with Crippen molar-refractivity contribution in [3.05, 3.63) is 36.7 Å². The van der Waals surface area contributed by atoms with Crippen LogP contribution in [-0.2, 0) is 0 Å². The van der Waals surface area contributed by atoms with Gasteiger partial charge in [0.05, 0.1) is 0 Å². The van der Waals surface area contributed by atoms with Crippen molar-refractivity contribution in [2.45, 2.75) is 4.90 Å². The number of nitrogens with zero attached hydrogens (tertiary/aromatic N) is 4. The molecule has 0 N–H and O–H groups in total. The van der Waals surface area contributed by atoms with E-state index in [1.165, 1.54) is 16.0 Å². The molecule has 0 fully saturated rings. The fourth-order valence-corrected chi connectivity index (χ4v) is 1.38. The first-order valence-corrected chi connectivity index (χ1v) is 4.12. The number of benzene rings is 1. The normalized spacial score (nSPS) is 10.0. The van der Waals surface area contributed by atoms with Crippen molar-refractivity contribution in [1.82, 2.24) is 19.6 Å². The van der Waals surface area contributed by atoms with Gasteiger partial charge >= 0.3 is 0 Å². The van der Waals surface area contributed by atoms with E-state index in [2.05, 4.69) is 21.9 Å². The van der Waals surface area contributed by atoms with Gasteiger partial charge in [0.1, 0.15) is 0 Å². The topological polar surface area (TPSA) is 43.6 Å². The fourth-order valence-electron chi connectivity index (χ4n) is 0.754. The van der Waals surface area contributed by atoms with E-state index < -0.39 is 0 Å². The Bertz CT molecular complexity index is 332. The second-order valence-corrected chi connectivity index (χ2v) is 3.06. The van der Waals surface area contributed by atoms with Crippen LogP contribution in [0.2, 0.25) is 0 Å². The molecule has 0 unspecified atom stereocenters. The third-order valence-corrected chi connectivity index (χ3v) is 2.04. The summed E-state index contributed by atoms with van der Waals surface area (Å²) < 4.78 is 1.48. The van der Waals surface area contributed by atoms with Crippen LogP contribution in [0.4, 0.5) is 0 Å². The molecule has 5 heteroatoms. The van der Waals surface area contributed by atoms with E-state index >= 15 is 0 Å². The molecule has 59 valence electrons. The summed E-state index contributed by atoms with van der Waals surface area (Å²) in [6.07, 6.45) is 2.59. The number of hydrogen-bond donors (Lipinski definition) is 0. The molecule has 0 aliphatic heterocycles. The predicted molar refractivity (Wildman–Crippen MR) is 44.4 cm³/mol. The van der Waals surface area contributed by atoms with Crippen LogP contribution in [0.15, 0.2) is 35.2 Å². The maximum absolute atomic E-state index is 3.67. The molecule has 0 spiro atoms. The van der Waals surface area contributed by atoms with Gasteiger partial charge in [-0.05, 0) is 22.6 Å². The van der Waals surface area contributed by atoms with Gasteiger partial charge in [-0.2, -0.15) is 4.09 Å². The van der Waals surface area contributed by atoms with E-state index in [1.54, 1.807) is 0 Å². The predicted octanol–water partition coefficient (Wildman–Crippen LogP) is 1.03. The molecule has 2 aromatic rings. The van der Waals surface area contributed by atoms with E-state index in [0.717, 1.165) is 4.90 Å². The third-order valence-electron chi connectivity index (χ3n) is 1.23. The van der Waals surface area contributed by atoms with Gasteiger partial charge < -0.3 is 0 Å². The SMILES string of the molecule is [c]1nnnn1Sc1ccccc1. The lowest BCUT2D eigenvalue weighted by atomic mass is 10.4. The first-order chi connectivity index (χ1) is 5.95. The lowest BCUT2D eigenvalue weighted by Crippen LogP contribution is -1.86. The lowest BCUT2D eigenvalue weighted by Gasteiger charge is -1.95. The Balaban J connectivity index is 2.15. The highest BCUT2D eigenvalue weighted by molar-refractivity contribution is 7.97. The Morgan fingerprint density at radius 3 is 2.75 bits per heavy atom. The molecule has 2 rings (SSSR count). The summed E-state index contributed by atoms with van der Waals surface area (Å²) in [6, 6.07) is 9.87. The summed E-state index contributed by atoms with van der Waals surface area (Å²) >= 11 is 1.42. The van der Waals surface area contributed by atoms with Crippen LogP contribution < -0.4 is 0 Å². The molecule has 0 atom stereocenters. The smallest absolute Gasteiger partial charge is 0.157 e. The van der Waals surface area contributed by atoms with Gasteiger partial charge in [-0.25, -0.2) is 0 Å². The van der Waals surface area contributed by atoms with E-state index in [4.69, 9.17) is 0 Å². The molecule has 1 radical (unpaired) electrons. The van der Waals surface area contributed by atoms with Gasteiger partial charge in [0.15, 0.2) is 0 Å². The molecule has 1 aromatic heterocycles. The zero-order valence-corrected chi connectivity index (χ0v) is 6.90. The monoisotopic (exact) mass is 177 g/mol. The van der Waals surface area contributed by atoms with Gasteiger partial charge in [0, 0.05) is 16.8 Å². The van der Waals surface area contributed by atoms with Crippen molar-refractivity contribution in [3.63, 3.8) is 0 Å². The number of aromatic nitrogens is 4. The second-order valence-electron chi connectivity index (χ2n) is 2.06. The average molecular weight is 177 g/mol. The van der Waals surface area contributed by atoms with E-state index in [1.807, 2.05) is 30.3 Å². The molecule has 4 nitrogen and oxygen atoms in total. The van der Waals surface area contributed by atoms with Crippen molar-refractivity contribution in [3.8, 4) is 0 Å².